The molecule has 0 atom stereocenters. The van der Waals surface area contributed by atoms with E-state index >= 15 is 0 Å². The van der Waals surface area contributed by atoms with Gasteiger partial charge >= 0.3 is 0 Å². The van der Waals surface area contributed by atoms with Crippen molar-refractivity contribution in [3.05, 3.63) is 114 Å². The monoisotopic (exact) mass is 494 g/mol. The maximum Gasteiger partial charge on any atom is 0.266 e. The normalized spacial score (nSPS) is 12.3. The minimum Gasteiger partial charge on any atom is -0.439 e. The van der Waals surface area contributed by atoms with Crippen molar-refractivity contribution < 1.29 is 4.74 Å². The van der Waals surface area contributed by atoms with Gasteiger partial charge in [0.15, 0.2) is 0 Å². The molecule has 0 saturated heterocycles. The fourth-order valence-corrected chi connectivity index (χ4v) is 5.41. The standard InChI is InChI=1S/C34H31BN2O/c1-22-15-16-36-33(17-22)38-27-10-8-9-24(19-27)25-13-14-29-28-11-6-7-12-30(28)35(31(29)20-25)32-21-26(34(3,4)5)18-23(2)37-32/h6-21H,1-5H3. The smallest absolute Gasteiger partial charge is 0.266 e. The summed E-state index contributed by atoms with van der Waals surface area (Å²) in [4.78, 5) is 9.42. The number of aryl methyl sites for hydroxylation is 2. The summed E-state index contributed by atoms with van der Waals surface area (Å²) in [5, 5.41) is 0. The van der Waals surface area contributed by atoms with Gasteiger partial charge in [-0.25, -0.2) is 4.98 Å². The minimum atomic E-state index is 0.0534. The predicted molar refractivity (Wildman–Crippen MR) is 159 cm³/mol. The second kappa shape index (κ2) is 9.29. The molecule has 0 N–H and O–H groups in total. The third-order valence-corrected chi connectivity index (χ3v) is 7.34. The molecule has 2 aromatic heterocycles. The maximum atomic E-state index is 6.09. The molecule has 1 aliphatic rings. The first kappa shape index (κ1) is 24.2. The molecule has 3 nitrogen and oxygen atoms in total. The molecule has 0 saturated carbocycles. The quantitative estimate of drug-likeness (QED) is 0.268. The number of ether oxygens (including phenoxy) is 1. The van der Waals surface area contributed by atoms with Crippen molar-refractivity contribution in [1.29, 1.82) is 0 Å². The van der Waals surface area contributed by atoms with Crippen LogP contribution in [-0.2, 0) is 5.41 Å². The molecule has 3 heterocycles. The number of aromatic nitrogens is 2. The van der Waals surface area contributed by atoms with E-state index in [2.05, 4.69) is 99.4 Å². The van der Waals surface area contributed by atoms with E-state index in [0.717, 1.165) is 33.7 Å². The lowest BCUT2D eigenvalue weighted by Crippen LogP contribution is -2.51. The molecule has 3 aromatic carbocycles. The molecule has 0 radical (unpaired) electrons. The van der Waals surface area contributed by atoms with Crippen LogP contribution in [0.25, 0.3) is 22.3 Å². The van der Waals surface area contributed by atoms with Crippen LogP contribution in [0.4, 0.5) is 0 Å². The molecule has 38 heavy (non-hydrogen) atoms. The van der Waals surface area contributed by atoms with Crippen LogP contribution in [0.1, 0.15) is 37.6 Å². The van der Waals surface area contributed by atoms with Crippen LogP contribution in [0.2, 0.25) is 0 Å². The van der Waals surface area contributed by atoms with Crippen LogP contribution in [0, 0.1) is 13.8 Å². The van der Waals surface area contributed by atoms with Gasteiger partial charge in [-0.3, -0.25) is 4.98 Å². The summed E-state index contributed by atoms with van der Waals surface area (Å²) in [5.41, 5.74) is 12.1. The zero-order valence-corrected chi connectivity index (χ0v) is 22.6. The molecule has 0 fully saturated rings. The Morgan fingerprint density at radius 2 is 1.50 bits per heavy atom. The van der Waals surface area contributed by atoms with E-state index in [4.69, 9.17) is 9.72 Å². The van der Waals surface area contributed by atoms with Crippen LogP contribution in [0.5, 0.6) is 11.6 Å². The van der Waals surface area contributed by atoms with E-state index in [1.54, 1.807) is 6.20 Å². The molecule has 0 spiro atoms. The van der Waals surface area contributed by atoms with Gasteiger partial charge in [0, 0.05) is 23.6 Å². The van der Waals surface area contributed by atoms with Gasteiger partial charge < -0.3 is 4.74 Å². The van der Waals surface area contributed by atoms with Crippen LogP contribution in [0.15, 0.2) is 97.2 Å². The molecule has 186 valence electrons. The first-order valence-corrected chi connectivity index (χ1v) is 13.2. The van der Waals surface area contributed by atoms with Gasteiger partial charge in [0.1, 0.15) is 5.75 Å². The Hall–Kier alpha value is -4.18. The van der Waals surface area contributed by atoms with E-state index in [0.29, 0.717) is 5.88 Å². The number of nitrogens with zero attached hydrogens (tertiary/aromatic N) is 2. The lowest BCUT2D eigenvalue weighted by atomic mass is 9.40. The second-order valence-corrected chi connectivity index (χ2v) is 11.3. The largest absolute Gasteiger partial charge is 0.439 e. The summed E-state index contributed by atoms with van der Waals surface area (Å²) >= 11 is 0. The fourth-order valence-electron chi connectivity index (χ4n) is 5.41. The highest BCUT2D eigenvalue weighted by Gasteiger charge is 2.35. The zero-order chi connectivity index (χ0) is 26.4. The predicted octanol–water partition coefficient (Wildman–Crippen LogP) is 6.35. The van der Waals surface area contributed by atoms with Gasteiger partial charge in [-0.05, 0) is 83.0 Å². The Labute approximate surface area is 225 Å². The Bertz CT molecular complexity index is 1670. The van der Waals surface area contributed by atoms with Crippen molar-refractivity contribution >= 4 is 23.2 Å². The van der Waals surface area contributed by atoms with Gasteiger partial charge in [-0.2, -0.15) is 0 Å². The molecule has 5 aromatic rings. The van der Waals surface area contributed by atoms with Gasteiger partial charge in [0.2, 0.25) is 5.88 Å². The van der Waals surface area contributed by atoms with Crippen LogP contribution < -0.4 is 21.3 Å². The maximum absolute atomic E-state index is 6.09. The number of fused-ring (bicyclic) bond motifs is 3. The SMILES string of the molecule is Cc1ccnc(Oc2cccc(-c3ccc4c(c3)B(c3cc(C(C)(C)C)cc(C)n3)c3ccccc3-4)c2)c1. The van der Waals surface area contributed by atoms with Crippen molar-refractivity contribution in [3.8, 4) is 33.9 Å². The highest BCUT2D eigenvalue weighted by Crippen LogP contribution is 2.30. The first-order valence-electron chi connectivity index (χ1n) is 13.2. The Kier molecular flexibility index (Phi) is 5.91. The summed E-state index contributed by atoms with van der Waals surface area (Å²) in [6.07, 6.45) is 1.78. The summed E-state index contributed by atoms with van der Waals surface area (Å²) < 4.78 is 6.09. The minimum absolute atomic E-state index is 0.0534. The number of hydrogen-bond acceptors (Lipinski definition) is 3. The van der Waals surface area contributed by atoms with E-state index in [1.165, 1.54) is 27.6 Å². The lowest BCUT2D eigenvalue weighted by Gasteiger charge is -2.22. The summed E-state index contributed by atoms with van der Waals surface area (Å²) in [6.45, 7) is 11.0. The Balaban J connectivity index is 1.44. The van der Waals surface area contributed by atoms with Crippen molar-refractivity contribution in [3.63, 3.8) is 0 Å². The Morgan fingerprint density at radius 3 is 2.32 bits per heavy atom. The molecule has 0 bridgehead atoms. The van der Waals surface area contributed by atoms with Crippen LogP contribution in [-0.4, -0.2) is 16.7 Å². The van der Waals surface area contributed by atoms with Gasteiger partial charge in [0.25, 0.3) is 6.71 Å². The summed E-state index contributed by atoms with van der Waals surface area (Å²) in [7, 11) is 0. The average molecular weight is 494 g/mol. The van der Waals surface area contributed by atoms with Crippen LogP contribution >= 0.6 is 0 Å². The highest BCUT2D eigenvalue weighted by atomic mass is 16.5. The van der Waals surface area contributed by atoms with Crippen LogP contribution in [0.3, 0.4) is 0 Å². The summed E-state index contributed by atoms with van der Waals surface area (Å²) in [5.74, 6) is 1.38. The third kappa shape index (κ3) is 4.52. The summed E-state index contributed by atoms with van der Waals surface area (Å²) in [6, 6.07) is 32.3. The molecule has 1 aliphatic heterocycles. The first-order chi connectivity index (χ1) is 18.3. The fraction of sp³-hybridized carbons (Fsp3) is 0.176. The third-order valence-electron chi connectivity index (χ3n) is 7.34. The number of rotatable bonds is 4. The average Bonchev–Trinajstić information content (AvgIpc) is 3.22. The molecule has 4 heteroatoms. The number of hydrogen-bond donors (Lipinski definition) is 0. The number of pyridine rings is 2. The van der Waals surface area contributed by atoms with E-state index in [9.17, 15) is 0 Å². The van der Waals surface area contributed by atoms with Gasteiger partial charge in [-0.1, -0.05) is 86.3 Å². The molecule has 0 unspecified atom stereocenters. The van der Waals surface area contributed by atoms with E-state index in [1.807, 2.05) is 31.2 Å². The number of benzene rings is 3. The highest BCUT2D eigenvalue weighted by molar-refractivity contribution is 6.98. The van der Waals surface area contributed by atoms with Crippen molar-refractivity contribution in [1.82, 2.24) is 9.97 Å². The van der Waals surface area contributed by atoms with Crippen molar-refractivity contribution in [2.45, 2.75) is 40.0 Å². The lowest BCUT2D eigenvalue weighted by molar-refractivity contribution is 0.462. The molecular formula is C34H31BN2O. The Morgan fingerprint density at radius 1 is 0.711 bits per heavy atom. The van der Waals surface area contributed by atoms with E-state index in [-0.39, 0.29) is 12.1 Å². The zero-order valence-electron chi connectivity index (χ0n) is 22.6. The van der Waals surface area contributed by atoms with Crippen molar-refractivity contribution in [2.24, 2.45) is 0 Å². The molecule has 0 amide bonds. The topological polar surface area (TPSA) is 35.0 Å². The van der Waals surface area contributed by atoms with Gasteiger partial charge in [0.05, 0.1) is 0 Å². The second-order valence-electron chi connectivity index (χ2n) is 11.3. The molecule has 6 rings (SSSR count). The molecular weight excluding hydrogens is 463 g/mol. The molecule has 0 aliphatic carbocycles. The van der Waals surface area contributed by atoms with E-state index < -0.39 is 0 Å². The van der Waals surface area contributed by atoms with Gasteiger partial charge in [-0.15, -0.1) is 0 Å². The van der Waals surface area contributed by atoms with Crippen molar-refractivity contribution in [2.75, 3.05) is 0 Å².